The minimum absolute atomic E-state index is 0.273. The van der Waals surface area contributed by atoms with Gasteiger partial charge in [0.05, 0.1) is 5.69 Å². The van der Waals surface area contributed by atoms with Gasteiger partial charge in [0.1, 0.15) is 5.65 Å². The summed E-state index contributed by atoms with van der Waals surface area (Å²) in [7, 11) is 3.94. The lowest BCUT2D eigenvalue weighted by Gasteiger charge is -2.11. The van der Waals surface area contributed by atoms with Crippen LogP contribution in [0.15, 0.2) is 36.5 Å². The second-order valence-corrected chi connectivity index (χ2v) is 6.10. The molecule has 0 aliphatic carbocycles. The summed E-state index contributed by atoms with van der Waals surface area (Å²) < 4.78 is 5.20. The minimum Gasteiger partial charge on any atom is -0.346 e. The number of nitrogens with zero attached hydrogens (tertiary/aromatic N) is 3. The van der Waals surface area contributed by atoms with Crippen LogP contribution in [0.3, 0.4) is 0 Å². The highest BCUT2D eigenvalue weighted by atomic mass is 32.2. The smallest absolute Gasteiger partial charge is 0.231 e. The zero-order chi connectivity index (χ0) is 16.2. The zero-order valence-electron chi connectivity index (χ0n) is 12.7. The number of anilines is 2. The summed E-state index contributed by atoms with van der Waals surface area (Å²) in [6.07, 6.45) is 2.37. The number of benzene rings is 1. The molecule has 0 unspecified atom stereocenters. The minimum atomic E-state index is 0.273. The van der Waals surface area contributed by atoms with Crippen molar-refractivity contribution in [2.24, 2.45) is 0 Å². The number of hydrogen-bond donors (Lipinski definition) is 3. The molecular weight excluding hydrogens is 312 g/mol. The summed E-state index contributed by atoms with van der Waals surface area (Å²) >= 11 is 1.50. The van der Waals surface area contributed by atoms with Crippen molar-refractivity contribution in [2.45, 2.75) is 0 Å². The molecule has 0 aliphatic heterocycles. The summed E-state index contributed by atoms with van der Waals surface area (Å²) in [5.41, 5.74) is 3.40. The summed E-state index contributed by atoms with van der Waals surface area (Å²) in [6.45, 7) is 0. The van der Waals surface area contributed by atoms with Crippen LogP contribution in [0.25, 0.3) is 22.3 Å². The van der Waals surface area contributed by atoms with E-state index in [2.05, 4.69) is 25.0 Å². The predicted molar refractivity (Wildman–Crippen MR) is 93.9 cm³/mol. The van der Waals surface area contributed by atoms with Gasteiger partial charge in [0.2, 0.25) is 12.4 Å². The molecule has 3 aromatic rings. The molecule has 3 rings (SSSR count). The van der Waals surface area contributed by atoms with Crippen LogP contribution in [0.1, 0.15) is 0 Å². The summed E-state index contributed by atoms with van der Waals surface area (Å²) in [4.78, 5) is 22.4. The van der Waals surface area contributed by atoms with E-state index in [9.17, 15) is 4.79 Å². The number of rotatable bonds is 6. The summed E-state index contributed by atoms with van der Waals surface area (Å²) in [6, 6.07) is 9.86. The van der Waals surface area contributed by atoms with Crippen LogP contribution in [0, 0.1) is 0 Å². The van der Waals surface area contributed by atoms with Crippen LogP contribution < -0.4 is 10.0 Å². The van der Waals surface area contributed by atoms with Crippen LogP contribution in [-0.4, -0.2) is 39.8 Å². The number of amides is 1. The van der Waals surface area contributed by atoms with Gasteiger partial charge in [0, 0.05) is 35.0 Å². The Morgan fingerprint density at radius 1 is 1.17 bits per heavy atom. The van der Waals surface area contributed by atoms with Gasteiger partial charge >= 0.3 is 0 Å². The van der Waals surface area contributed by atoms with Crippen molar-refractivity contribution in [1.82, 2.24) is 19.3 Å². The molecule has 0 bridgehead atoms. The largest absolute Gasteiger partial charge is 0.346 e. The van der Waals surface area contributed by atoms with E-state index in [0.29, 0.717) is 12.1 Å². The van der Waals surface area contributed by atoms with E-state index in [1.807, 2.05) is 48.7 Å². The molecule has 7 nitrogen and oxygen atoms in total. The van der Waals surface area contributed by atoms with Crippen molar-refractivity contribution >= 4 is 41.2 Å². The first-order valence-corrected chi connectivity index (χ1v) is 7.71. The first-order valence-electron chi connectivity index (χ1n) is 6.93. The van der Waals surface area contributed by atoms with Crippen LogP contribution in [-0.2, 0) is 4.79 Å². The van der Waals surface area contributed by atoms with Crippen LogP contribution in [0.2, 0.25) is 0 Å². The predicted octanol–water partition coefficient (Wildman–Crippen LogP) is 2.73. The van der Waals surface area contributed by atoms with Gasteiger partial charge in [-0.2, -0.15) is 4.98 Å². The van der Waals surface area contributed by atoms with Crippen molar-refractivity contribution in [3.8, 4) is 11.3 Å². The lowest BCUT2D eigenvalue weighted by molar-refractivity contribution is -0.105. The molecule has 0 aliphatic rings. The number of fused-ring (bicyclic) bond motifs is 1. The standard InChI is InChI=1S/C15H16N6OS/c1-21(2)23-20-11-5-3-10(4-6-11)13-12-7-8-16-14(12)19-15(18-13)17-9-22/h3-9,20H,1-2H3,(H2,16,17,18,19,22). The second kappa shape index (κ2) is 6.67. The van der Waals surface area contributed by atoms with Gasteiger partial charge in [-0.3, -0.25) is 10.1 Å². The number of aromatic amines is 1. The fourth-order valence-electron chi connectivity index (χ4n) is 2.12. The molecule has 23 heavy (non-hydrogen) atoms. The number of carbonyl (C=O) groups is 1. The molecule has 0 fully saturated rings. The Labute approximate surface area is 137 Å². The fourth-order valence-corrected chi connectivity index (χ4v) is 2.54. The summed E-state index contributed by atoms with van der Waals surface area (Å²) in [5.74, 6) is 0.273. The number of H-pyrrole nitrogens is 1. The maximum Gasteiger partial charge on any atom is 0.231 e. The lowest BCUT2D eigenvalue weighted by Crippen LogP contribution is -2.04. The monoisotopic (exact) mass is 328 g/mol. The van der Waals surface area contributed by atoms with E-state index < -0.39 is 0 Å². The maximum atomic E-state index is 10.7. The molecule has 118 valence electrons. The molecule has 8 heteroatoms. The fraction of sp³-hybridized carbons (Fsp3) is 0.133. The average Bonchev–Trinajstić information content (AvgIpc) is 3.01. The summed E-state index contributed by atoms with van der Waals surface area (Å²) in [5, 5.41) is 3.41. The molecular formula is C15H16N6OS. The maximum absolute atomic E-state index is 10.7. The Morgan fingerprint density at radius 2 is 1.96 bits per heavy atom. The van der Waals surface area contributed by atoms with E-state index >= 15 is 0 Å². The third-order valence-electron chi connectivity index (χ3n) is 3.11. The van der Waals surface area contributed by atoms with Gasteiger partial charge in [-0.05, 0) is 32.3 Å². The number of hydrogen-bond acceptors (Lipinski definition) is 6. The normalized spacial score (nSPS) is 10.9. The SMILES string of the molecule is CN(C)SNc1ccc(-c2nc(NC=O)nc3[nH]ccc23)cc1. The lowest BCUT2D eigenvalue weighted by atomic mass is 10.1. The number of nitrogens with one attached hydrogen (secondary N) is 3. The molecule has 0 spiro atoms. The molecule has 0 atom stereocenters. The molecule has 0 saturated carbocycles. The highest BCUT2D eigenvalue weighted by molar-refractivity contribution is 7.98. The van der Waals surface area contributed by atoms with Gasteiger partial charge in [-0.25, -0.2) is 9.29 Å². The van der Waals surface area contributed by atoms with Crippen molar-refractivity contribution in [3.63, 3.8) is 0 Å². The van der Waals surface area contributed by atoms with Gasteiger partial charge in [0.15, 0.2) is 0 Å². The van der Waals surface area contributed by atoms with Crippen molar-refractivity contribution in [1.29, 1.82) is 0 Å². The van der Waals surface area contributed by atoms with Crippen LogP contribution >= 0.6 is 12.1 Å². The molecule has 0 saturated heterocycles. The van der Waals surface area contributed by atoms with Crippen LogP contribution in [0.4, 0.5) is 11.6 Å². The van der Waals surface area contributed by atoms with E-state index in [-0.39, 0.29) is 5.95 Å². The average molecular weight is 328 g/mol. The van der Waals surface area contributed by atoms with Crippen molar-refractivity contribution in [3.05, 3.63) is 36.5 Å². The molecule has 0 radical (unpaired) electrons. The molecule has 1 aromatic carbocycles. The van der Waals surface area contributed by atoms with Crippen LogP contribution in [0.5, 0.6) is 0 Å². The zero-order valence-corrected chi connectivity index (χ0v) is 13.5. The van der Waals surface area contributed by atoms with Gasteiger partial charge in [-0.1, -0.05) is 12.1 Å². The topological polar surface area (TPSA) is 85.9 Å². The first-order chi connectivity index (χ1) is 11.2. The van der Waals surface area contributed by atoms with Gasteiger partial charge < -0.3 is 9.71 Å². The molecule has 1 amide bonds. The Hall–Kier alpha value is -2.58. The van der Waals surface area contributed by atoms with E-state index in [1.165, 1.54) is 12.1 Å². The van der Waals surface area contributed by atoms with E-state index in [4.69, 9.17) is 0 Å². The third-order valence-corrected chi connectivity index (χ3v) is 3.80. The van der Waals surface area contributed by atoms with E-state index in [0.717, 1.165) is 22.3 Å². The highest BCUT2D eigenvalue weighted by Crippen LogP contribution is 2.28. The van der Waals surface area contributed by atoms with Crippen molar-refractivity contribution < 1.29 is 4.79 Å². The van der Waals surface area contributed by atoms with Gasteiger partial charge in [0.25, 0.3) is 0 Å². The first kappa shape index (κ1) is 15.3. The number of carbonyl (C=O) groups excluding carboxylic acids is 1. The quantitative estimate of drug-likeness (QED) is 0.476. The second-order valence-electron chi connectivity index (χ2n) is 4.98. The van der Waals surface area contributed by atoms with E-state index in [1.54, 1.807) is 6.20 Å². The number of aromatic nitrogens is 3. The Kier molecular flexibility index (Phi) is 4.45. The van der Waals surface area contributed by atoms with Gasteiger partial charge in [-0.15, -0.1) is 0 Å². The Balaban J connectivity index is 1.95. The van der Waals surface area contributed by atoms with Crippen molar-refractivity contribution in [2.75, 3.05) is 24.1 Å². The molecule has 2 aromatic heterocycles. The Morgan fingerprint density at radius 3 is 2.65 bits per heavy atom. The molecule has 3 N–H and O–H groups in total. The molecule has 2 heterocycles. The highest BCUT2D eigenvalue weighted by Gasteiger charge is 2.10. The third kappa shape index (κ3) is 3.43. The Bertz CT molecular complexity index is 814.